The van der Waals surface area contributed by atoms with E-state index in [0.29, 0.717) is 32.5 Å². The molecule has 1 aliphatic heterocycles. The summed E-state index contributed by atoms with van der Waals surface area (Å²) in [5.74, 6) is -1.55. The number of hydroxylamine groups is 1. The Morgan fingerprint density at radius 2 is 1.91 bits per heavy atom. The van der Waals surface area contributed by atoms with Gasteiger partial charge in [-0.1, -0.05) is 31.0 Å². The van der Waals surface area contributed by atoms with Gasteiger partial charge in [-0.3, -0.25) is 15.0 Å². The third-order valence-electron chi connectivity index (χ3n) is 7.00. The molecule has 2 heterocycles. The number of fused-ring (bicyclic) bond motifs is 1. The molecule has 1 aliphatic carbocycles. The van der Waals surface area contributed by atoms with Crippen LogP contribution in [0.1, 0.15) is 49.8 Å². The predicted molar refractivity (Wildman–Crippen MR) is 125 cm³/mol. The molecule has 1 atom stereocenters. The summed E-state index contributed by atoms with van der Waals surface area (Å²) in [4.78, 5) is 16.7. The minimum Gasteiger partial charge on any atom is -0.373 e. The van der Waals surface area contributed by atoms with Crippen molar-refractivity contribution in [3.8, 4) is 0 Å². The van der Waals surface area contributed by atoms with Crippen molar-refractivity contribution in [1.82, 2.24) is 14.8 Å². The normalized spacial score (nSPS) is 19.7. The van der Waals surface area contributed by atoms with Crippen LogP contribution in [0.15, 0.2) is 30.3 Å². The van der Waals surface area contributed by atoms with E-state index in [1.807, 2.05) is 37.3 Å². The standard InChI is InChI=1S/C24H33N3O5S/c1-17-14-19(21-8-4-5-9-23(21)25-17)15-32-20-10-12-27(13-11-20)33(30,31)16-22(24(28)26-29)18-6-2-3-7-18/h4-5,8-9,14,18,20,22,29H,2-3,6-7,10-13,15-16H2,1H3,(H,26,28). The Hall–Kier alpha value is -2.07. The fraction of sp³-hybridized carbons (Fsp3) is 0.583. The van der Waals surface area contributed by atoms with Crippen LogP contribution in [0.5, 0.6) is 0 Å². The molecule has 2 aromatic rings. The van der Waals surface area contributed by atoms with E-state index in [-0.39, 0.29) is 17.8 Å². The number of pyridine rings is 1. The number of ether oxygens (including phenoxy) is 1. The van der Waals surface area contributed by atoms with Crippen LogP contribution in [-0.2, 0) is 26.2 Å². The number of carbonyl (C=O) groups excluding carboxylic acids is 1. The number of carbonyl (C=O) groups is 1. The highest BCUT2D eigenvalue weighted by atomic mass is 32.2. The SMILES string of the molecule is Cc1cc(COC2CCN(S(=O)(=O)CC(C(=O)NO)C3CCCC3)CC2)c2ccccc2n1. The molecular weight excluding hydrogens is 442 g/mol. The molecule has 1 aromatic heterocycles. The lowest BCUT2D eigenvalue weighted by atomic mass is 9.92. The fourth-order valence-corrected chi connectivity index (χ4v) is 7.06. The Kier molecular flexibility index (Phi) is 7.63. The number of hydrogen-bond donors (Lipinski definition) is 2. The number of sulfonamides is 1. The first kappa shape index (κ1) is 24.1. The van der Waals surface area contributed by atoms with Gasteiger partial charge < -0.3 is 4.74 Å². The Labute approximate surface area is 195 Å². The number of hydrogen-bond acceptors (Lipinski definition) is 6. The molecule has 0 radical (unpaired) electrons. The Morgan fingerprint density at radius 3 is 2.61 bits per heavy atom. The molecule has 1 amide bonds. The van der Waals surface area contributed by atoms with Gasteiger partial charge in [0.1, 0.15) is 0 Å². The van der Waals surface area contributed by atoms with E-state index in [2.05, 4.69) is 4.98 Å². The number of amides is 1. The van der Waals surface area contributed by atoms with Crippen molar-refractivity contribution >= 4 is 26.8 Å². The molecule has 2 N–H and O–H groups in total. The van der Waals surface area contributed by atoms with Crippen molar-refractivity contribution in [2.45, 2.75) is 58.2 Å². The first-order chi connectivity index (χ1) is 15.9. The smallest absolute Gasteiger partial charge is 0.247 e. The summed E-state index contributed by atoms with van der Waals surface area (Å²) in [5, 5.41) is 10.2. The largest absolute Gasteiger partial charge is 0.373 e. The number of piperidine rings is 1. The van der Waals surface area contributed by atoms with Gasteiger partial charge in [0.2, 0.25) is 15.9 Å². The van der Waals surface area contributed by atoms with Crippen LogP contribution in [0.4, 0.5) is 0 Å². The second-order valence-electron chi connectivity index (χ2n) is 9.25. The summed E-state index contributed by atoms with van der Waals surface area (Å²) in [6, 6.07) is 10.0. The Morgan fingerprint density at radius 1 is 1.21 bits per heavy atom. The molecule has 2 fully saturated rings. The molecule has 9 heteroatoms. The Bertz CT molecular complexity index is 1080. The van der Waals surface area contributed by atoms with Gasteiger partial charge in [0.15, 0.2) is 0 Å². The van der Waals surface area contributed by atoms with E-state index < -0.39 is 21.8 Å². The van der Waals surface area contributed by atoms with Crippen LogP contribution >= 0.6 is 0 Å². The second kappa shape index (κ2) is 10.5. The van der Waals surface area contributed by atoms with E-state index in [4.69, 9.17) is 9.94 Å². The summed E-state index contributed by atoms with van der Waals surface area (Å²) in [6.45, 7) is 3.18. The zero-order valence-electron chi connectivity index (χ0n) is 19.1. The highest BCUT2D eigenvalue weighted by molar-refractivity contribution is 7.89. The molecule has 180 valence electrons. The van der Waals surface area contributed by atoms with Crippen LogP contribution in [-0.4, -0.2) is 53.8 Å². The summed E-state index contributed by atoms with van der Waals surface area (Å²) >= 11 is 0. The van der Waals surface area contributed by atoms with Crippen molar-refractivity contribution < 1.29 is 23.2 Å². The second-order valence-corrected chi connectivity index (χ2v) is 11.3. The van der Waals surface area contributed by atoms with Gasteiger partial charge in [0.25, 0.3) is 0 Å². The van der Waals surface area contributed by atoms with Crippen molar-refractivity contribution in [2.24, 2.45) is 11.8 Å². The molecule has 33 heavy (non-hydrogen) atoms. The molecule has 1 aromatic carbocycles. The number of nitrogens with one attached hydrogen (secondary N) is 1. The zero-order valence-corrected chi connectivity index (χ0v) is 19.9. The number of aryl methyl sites for hydroxylation is 1. The van der Waals surface area contributed by atoms with Gasteiger partial charge >= 0.3 is 0 Å². The third-order valence-corrected chi connectivity index (χ3v) is 8.94. The molecule has 8 nitrogen and oxygen atoms in total. The van der Waals surface area contributed by atoms with Gasteiger partial charge in [-0.2, -0.15) is 0 Å². The monoisotopic (exact) mass is 475 g/mol. The molecule has 2 aliphatic rings. The van der Waals surface area contributed by atoms with Crippen molar-refractivity contribution in [1.29, 1.82) is 0 Å². The third kappa shape index (κ3) is 5.71. The maximum Gasteiger partial charge on any atom is 0.247 e. The van der Waals surface area contributed by atoms with E-state index in [1.165, 1.54) is 4.31 Å². The van der Waals surface area contributed by atoms with Crippen LogP contribution in [0.2, 0.25) is 0 Å². The van der Waals surface area contributed by atoms with E-state index in [9.17, 15) is 13.2 Å². The van der Waals surface area contributed by atoms with E-state index in [1.54, 1.807) is 5.48 Å². The van der Waals surface area contributed by atoms with Gasteiger partial charge in [-0.25, -0.2) is 18.2 Å². The molecule has 0 spiro atoms. The number of benzene rings is 1. The lowest BCUT2D eigenvalue weighted by molar-refractivity contribution is -0.134. The average molecular weight is 476 g/mol. The van der Waals surface area contributed by atoms with Crippen LogP contribution in [0.3, 0.4) is 0 Å². The van der Waals surface area contributed by atoms with Gasteiger partial charge in [0.05, 0.1) is 29.9 Å². The maximum atomic E-state index is 13.1. The maximum absolute atomic E-state index is 13.1. The lowest BCUT2D eigenvalue weighted by Crippen LogP contribution is -2.45. The quantitative estimate of drug-likeness (QED) is 0.448. The predicted octanol–water partition coefficient (Wildman–Crippen LogP) is 3.17. The minimum atomic E-state index is -3.60. The first-order valence-corrected chi connectivity index (χ1v) is 13.4. The van der Waals surface area contributed by atoms with Gasteiger partial charge in [0, 0.05) is 24.2 Å². The van der Waals surface area contributed by atoms with Gasteiger partial charge in [-0.05, 0) is 56.2 Å². The topological polar surface area (TPSA) is 109 Å². The molecule has 1 saturated carbocycles. The minimum absolute atomic E-state index is 0.00596. The van der Waals surface area contributed by atoms with Crippen molar-refractivity contribution in [3.63, 3.8) is 0 Å². The molecule has 1 unspecified atom stereocenters. The molecule has 4 rings (SSSR count). The number of rotatable bonds is 8. The van der Waals surface area contributed by atoms with Crippen LogP contribution in [0.25, 0.3) is 10.9 Å². The van der Waals surface area contributed by atoms with Crippen LogP contribution < -0.4 is 5.48 Å². The highest BCUT2D eigenvalue weighted by Gasteiger charge is 2.37. The number of para-hydroxylation sites is 1. The van der Waals surface area contributed by atoms with E-state index >= 15 is 0 Å². The molecular formula is C24H33N3O5S. The summed E-state index contributed by atoms with van der Waals surface area (Å²) in [7, 11) is -3.60. The van der Waals surface area contributed by atoms with Gasteiger partial charge in [-0.15, -0.1) is 0 Å². The first-order valence-electron chi connectivity index (χ1n) is 11.8. The Balaban J connectivity index is 1.34. The fourth-order valence-electron chi connectivity index (χ4n) is 5.20. The number of aromatic nitrogens is 1. The van der Waals surface area contributed by atoms with Crippen LogP contribution in [0, 0.1) is 18.8 Å². The summed E-state index contributed by atoms with van der Waals surface area (Å²) in [5.41, 5.74) is 4.65. The van der Waals surface area contributed by atoms with E-state index in [0.717, 1.165) is 47.8 Å². The highest BCUT2D eigenvalue weighted by Crippen LogP contribution is 2.33. The molecule has 0 bridgehead atoms. The average Bonchev–Trinajstić information content (AvgIpc) is 3.35. The lowest BCUT2D eigenvalue weighted by Gasteiger charge is -2.32. The van der Waals surface area contributed by atoms with Crippen molar-refractivity contribution in [2.75, 3.05) is 18.8 Å². The van der Waals surface area contributed by atoms with Crippen molar-refractivity contribution in [3.05, 3.63) is 41.6 Å². The molecule has 1 saturated heterocycles. The summed E-state index contributed by atoms with van der Waals surface area (Å²) in [6.07, 6.45) is 4.85. The zero-order chi connectivity index (χ0) is 23.4. The number of nitrogens with zero attached hydrogens (tertiary/aromatic N) is 2. The summed E-state index contributed by atoms with van der Waals surface area (Å²) < 4.78 is 33.8.